The van der Waals surface area contributed by atoms with Crippen LogP contribution in [0, 0.1) is 0 Å². The van der Waals surface area contributed by atoms with E-state index < -0.39 is 5.97 Å². The van der Waals surface area contributed by atoms with Gasteiger partial charge in [0.25, 0.3) is 0 Å². The number of carbonyl (C=O) groups excluding carboxylic acids is 1. The molecule has 1 heterocycles. The van der Waals surface area contributed by atoms with E-state index in [-0.39, 0.29) is 12.2 Å². The highest BCUT2D eigenvalue weighted by molar-refractivity contribution is 7.10. The number of hydrogen-bond donors (Lipinski definition) is 1. The fourth-order valence-corrected chi connectivity index (χ4v) is 4.84. The lowest BCUT2D eigenvalue weighted by atomic mass is 9.83. The van der Waals surface area contributed by atoms with Crippen LogP contribution in [0.15, 0.2) is 35.7 Å². The molecule has 1 aromatic carbocycles. The molecule has 1 N–H and O–H groups in total. The summed E-state index contributed by atoms with van der Waals surface area (Å²) < 4.78 is 0. The van der Waals surface area contributed by atoms with Crippen LogP contribution in [0.1, 0.15) is 70.8 Å². The molecule has 3 rings (SSSR count). The van der Waals surface area contributed by atoms with E-state index in [0.29, 0.717) is 24.3 Å². The number of carbonyl (C=O) groups is 2. The highest BCUT2D eigenvalue weighted by Crippen LogP contribution is 2.38. The second kappa shape index (κ2) is 8.43. The fraction of sp³-hybridized carbons (Fsp3) is 0.429. The fourth-order valence-electron chi connectivity index (χ4n) is 3.70. The molecule has 0 saturated heterocycles. The van der Waals surface area contributed by atoms with Crippen molar-refractivity contribution in [2.45, 2.75) is 57.3 Å². The molecular formula is C21H24O3S. The third-order valence-corrected chi connectivity index (χ3v) is 6.05. The van der Waals surface area contributed by atoms with E-state index in [1.807, 2.05) is 35.7 Å². The molecule has 1 aliphatic carbocycles. The standard InChI is InChI=1S/C21H24O3S/c22-17(12-11-15-7-3-1-4-8-15)13-19-20(21(23)24)18(14-25-19)16-9-5-2-6-10-16/h1,3-4,7-8,14,16H,2,5-6,9-13H2,(H,23,24). The molecular weight excluding hydrogens is 332 g/mol. The SMILES string of the molecule is O=C(CCc1ccccc1)Cc1scc(C2CCCCC2)c1C(=O)O. The van der Waals surface area contributed by atoms with Crippen LogP contribution in [0.5, 0.6) is 0 Å². The van der Waals surface area contributed by atoms with Crippen molar-refractivity contribution in [3.8, 4) is 0 Å². The van der Waals surface area contributed by atoms with Crippen LogP contribution in [0.3, 0.4) is 0 Å². The lowest BCUT2D eigenvalue weighted by Crippen LogP contribution is -2.12. The minimum Gasteiger partial charge on any atom is -0.478 e. The molecule has 1 aliphatic rings. The average Bonchev–Trinajstić information content (AvgIpc) is 3.05. The van der Waals surface area contributed by atoms with E-state index in [9.17, 15) is 14.7 Å². The molecule has 3 nitrogen and oxygen atoms in total. The number of rotatable bonds is 7. The minimum atomic E-state index is -0.882. The lowest BCUT2D eigenvalue weighted by Gasteiger charge is -2.21. The molecule has 0 aliphatic heterocycles. The summed E-state index contributed by atoms with van der Waals surface area (Å²) in [6.07, 6.45) is 7.13. The summed E-state index contributed by atoms with van der Waals surface area (Å²) in [6, 6.07) is 9.93. The zero-order chi connectivity index (χ0) is 17.6. The summed E-state index contributed by atoms with van der Waals surface area (Å²) in [4.78, 5) is 24.9. The second-order valence-corrected chi connectivity index (χ2v) is 7.79. The zero-order valence-corrected chi connectivity index (χ0v) is 15.2. The van der Waals surface area contributed by atoms with Crippen LogP contribution in [0.2, 0.25) is 0 Å². The molecule has 0 radical (unpaired) electrons. The van der Waals surface area contributed by atoms with Gasteiger partial charge in [-0.1, -0.05) is 49.6 Å². The normalized spacial score (nSPS) is 15.2. The van der Waals surface area contributed by atoms with Crippen LogP contribution in [0.25, 0.3) is 0 Å². The monoisotopic (exact) mass is 356 g/mol. The topological polar surface area (TPSA) is 54.4 Å². The number of Topliss-reactive ketones (excluding diaryl/α,β-unsaturated/α-hetero) is 1. The number of carboxylic acids is 1. The number of aryl methyl sites for hydroxylation is 1. The maximum atomic E-state index is 12.4. The van der Waals surface area contributed by atoms with Gasteiger partial charge in [0, 0.05) is 17.7 Å². The molecule has 0 spiro atoms. The Morgan fingerprint density at radius 1 is 1.08 bits per heavy atom. The largest absolute Gasteiger partial charge is 0.478 e. The van der Waals surface area contributed by atoms with Crippen LogP contribution in [0.4, 0.5) is 0 Å². The van der Waals surface area contributed by atoms with Crippen molar-refractivity contribution in [1.82, 2.24) is 0 Å². The van der Waals surface area contributed by atoms with E-state index >= 15 is 0 Å². The van der Waals surface area contributed by atoms with Crippen molar-refractivity contribution in [2.24, 2.45) is 0 Å². The molecule has 132 valence electrons. The summed E-state index contributed by atoms with van der Waals surface area (Å²) >= 11 is 1.45. The van der Waals surface area contributed by atoms with Gasteiger partial charge in [0.2, 0.25) is 0 Å². The van der Waals surface area contributed by atoms with Crippen molar-refractivity contribution in [1.29, 1.82) is 0 Å². The van der Waals surface area contributed by atoms with Crippen LogP contribution in [-0.4, -0.2) is 16.9 Å². The van der Waals surface area contributed by atoms with Crippen molar-refractivity contribution < 1.29 is 14.7 Å². The summed E-state index contributed by atoms with van der Waals surface area (Å²) in [6.45, 7) is 0. The first kappa shape index (κ1) is 17.9. The Balaban J connectivity index is 1.68. The Hall–Kier alpha value is -1.94. The molecule has 1 aromatic heterocycles. The van der Waals surface area contributed by atoms with Gasteiger partial charge in [-0.15, -0.1) is 11.3 Å². The summed E-state index contributed by atoms with van der Waals surface area (Å²) in [5.74, 6) is -0.416. The first-order chi connectivity index (χ1) is 12.1. The van der Waals surface area contributed by atoms with Crippen molar-refractivity contribution in [3.63, 3.8) is 0 Å². The van der Waals surface area contributed by atoms with E-state index in [4.69, 9.17) is 0 Å². The molecule has 0 unspecified atom stereocenters. The molecule has 25 heavy (non-hydrogen) atoms. The maximum Gasteiger partial charge on any atom is 0.337 e. The number of thiophene rings is 1. The predicted octanol–water partition coefficient (Wildman–Crippen LogP) is 5.24. The first-order valence-electron chi connectivity index (χ1n) is 9.04. The molecule has 0 amide bonds. The molecule has 4 heteroatoms. The van der Waals surface area contributed by atoms with Gasteiger partial charge in [0.15, 0.2) is 0 Å². The lowest BCUT2D eigenvalue weighted by molar-refractivity contribution is -0.118. The Kier molecular flexibility index (Phi) is 6.03. The number of hydrogen-bond acceptors (Lipinski definition) is 3. The number of aromatic carboxylic acids is 1. The van der Waals surface area contributed by atoms with E-state index in [0.717, 1.165) is 28.8 Å². The van der Waals surface area contributed by atoms with Gasteiger partial charge in [0.05, 0.1) is 5.56 Å². The third kappa shape index (κ3) is 4.57. The Morgan fingerprint density at radius 2 is 1.80 bits per heavy atom. The van der Waals surface area contributed by atoms with Gasteiger partial charge < -0.3 is 5.11 Å². The minimum absolute atomic E-state index is 0.114. The quantitative estimate of drug-likeness (QED) is 0.738. The van der Waals surface area contributed by atoms with Gasteiger partial charge in [-0.05, 0) is 41.7 Å². The predicted molar refractivity (Wildman–Crippen MR) is 101 cm³/mol. The number of carboxylic acid groups (broad SMARTS) is 1. The van der Waals surface area contributed by atoms with Gasteiger partial charge >= 0.3 is 5.97 Å². The molecule has 1 saturated carbocycles. The smallest absolute Gasteiger partial charge is 0.337 e. The molecule has 0 bridgehead atoms. The molecule has 2 aromatic rings. The Bertz CT molecular complexity index is 727. The summed E-state index contributed by atoms with van der Waals surface area (Å²) in [7, 11) is 0. The van der Waals surface area contributed by atoms with Crippen LogP contribution in [-0.2, 0) is 17.6 Å². The Morgan fingerprint density at radius 3 is 2.48 bits per heavy atom. The Labute approximate surface area is 152 Å². The van der Waals surface area contributed by atoms with Gasteiger partial charge in [-0.25, -0.2) is 4.79 Å². The zero-order valence-electron chi connectivity index (χ0n) is 14.4. The van der Waals surface area contributed by atoms with Crippen LogP contribution < -0.4 is 0 Å². The highest BCUT2D eigenvalue weighted by atomic mass is 32.1. The summed E-state index contributed by atoms with van der Waals surface area (Å²) in [5, 5.41) is 11.7. The van der Waals surface area contributed by atoms with E-state index in [1.165, 1.54) is 30.6 Å². The number of benzene rings is 1. The molecule has 0 atom stereocenters. The van der Waals surface area contributed by atoms with Crippen molar-refractivity contribution in [3.05, 3.63) is 57.3 Å². The van der Waals surface area contributed by atoms with Gasteiger partial charge in [-0.2, -0.15) is 0 Å². The van der Waals surface area contributed by atoms with E-state index in [1.54, 1.807) is 0 Å². The van der Waals surface area contributed by atoms with Gasteiger partial charge in [0.1, 0.15) is 5.78 Å². The first-order valence-corrected chi connectivity index (χ1v) is 9.92. The summed E-state index contributed by atoms with van der Waals surface area (Å²) in [5.41, 5.74) is 2.51. The third-order valence-electron chi connectivity index (χ3n) is 5.05. The van der Waals surface area contributed by atoms with E-state index in [2.05, 4.69) is 0 Å². The maximum absolute atomic E-state index is 12.4. The van der Waals surface area contributed by atoms with Crippen molar-refractivity contribution >= 4 is 23.1 Å². The van der Waals surface area contributed by atoms with Gasteiger partial charge in [-0.3, -0.25) is 4.79 Å². The highest BCUT2D eigenvalue weighted by Gasteiger charge is 2.26. The molecule has 1 fully saturated rings. The number of ketones is 1. The second-order valence-electron chi connectivity index (χ2n) is 6.83. The van der Waals surface area contributed by atoms with Crippen LogP contribution >= 0.6 is 11.3 Å². The average molecular weight is 356 g/mol. The van der Waals surface area contributed by atoms with Crippen molar-refractivity contribution in [2.75, 3.05) is 0 Å².